The first kappa shape index (κ1) is 38.4. The number of rotatable bonds is 8. The highest BCUT2D eigenvalue weighted by Crippen LogP contribution is 2.66. The third-order valence-electron chi connectivity index (χ3n) is 17.9. The molecule has 0 unspecified atom stereocenters. The number of carbonyl (C=O) groups is 2. The minimum atomic E-state index is -0.376. The van der Waals surface area contributed by atoms with Crippen LogP contribution in [0.25, 0.3) is 0 Å². The Morgan fingerprint density at radius 3 is 1.38 bits per heavy atom. The van der Waals surface area contributed by atoms with Gasteiger partial charge in [-0.05, 0) is 172 Å². The fourth-order valence-corrected chi connectivity index (χ4v) is 15.0. The fraction of sp³-hybridized carbons (Fsp3) is 0.833. The standard InChI is InChI=1S/C48H74O4/c1-31(2)33-15-19-39-35(27-33)17-21-41-45(5,23-11-25-47(39,41)7)29-51-43(49)37-13-9-10-14-38(37)44(50)52-30-46(6)24-12-26-48(8)40-20-16-34(32(3)4)28-36(40)18-22-42(46)48/h9-10,13-14,31-36,39-42H,11-12,15-30H2,1-8H3/t33-,34+,35-,36+,39-,40-,41-,42+,45+,46+,47-,48-/m1/s1. The molecule has 1 aromatic carbocycles. The first-order valence-electron chi connectivity index (χ1n) is 22.1. The molecule has 290 valence electrons. The van der Waals surface area contributed by atoms with Gasteiger partial charge in [-0.1, -0.05) is 80.4 Å². The summed E-state index contributed by atoms with van der Waals surface area (Å²) in [5, 5.41) is 0. The number of ether oxygens (including phenoxy) is 2. The number of esters is 2. The summed E-state index contributed by atoms with van der Waals surface area (Å²) in [6.45, 7) is 20.5. The minimum Gasteiger partial charge on any atom is -0.461 e. The lowest BCUT2D eigenvalue weighted by Crippen LogP contribution is -2.55. The molecule has 0 spiro atoms. The van der Waals surface area contributed by atoms with Gasteiger partial charge in [0, 0.05) is 10.8 Å². The molecule has 0 radical (unpaired) electrons. The molecule has 0 saturated heterocycles. The van der Waals surface area contributed by atoms with Gasteiger partial charge in [-0.25, -0.2) is 9.59 Å². The van der Waals surface area contributed by atoms with E-state index < -0.39 is 0 Å². The Hall–Kier alpha value is -1.84. The molecule has 7 rings (SSSR count). The van der Waals surface area contributed by atoms with E-state index in [-0.39, 0.29) is 22.8 Å². The monoisotopic (exact) mass is 715 g/mol. The third kappa shape index (κ3) is 6.84. The van der Waals surface area contributed by atoms with Gasteiger partial charge in [-0.3, -0.25) is 0 Å². The summed E-state index contributed by atoms with van der Waals surface area (Å²) < 4.78 is 12.5. The van der Waals surface area contributed by atoms with Gasteiger partial charge in [-0.15, -0.1) is 0 Å². The van der Waals surface area contributed by atoms with E-state index >= 15 is 0 Å². The van der Waals surface area contributed by atoms with E-state index in [2.05, 4.69) is 55.4 Å². The van der Waals surface area contributed by atoms with Crippen LogP contribution in [0, 0.1) is 80.8 Å². The molecule has 0 amide bonds. The molecule has 4 heteroatoms. The van der Waals surface area contributed by atoms with Crippen LogP contribution in [0.15, 0.2) is 24.3 Å². The quantitative estimate of drug-likeness (QED) is 0.252. The molecular weight excluding hydrogens is 641 g/mol. The number of fused-ring (bicyclic) bond motifs is 6. The number of hydrogen-bond donors (Lipinski definition) is 0. The smallest absolute Gasteiger partial charge is 0.339 e. The molecule has 6 saturated carbocycles. The zero-order valence-corrected chi connectivity index (χ0v) is 34.4. The van der Waals surface area contributed by atoms with E-state index in [4.69, 9.17) is 9.47 Å². The number of benzene rings is 1. The van der Waals surface area contributed by atoms with Crippen LogP contribution in [0.5, 0.6) is 0 Å². The van der Waals surface area contributed by atoms with E-state index in [1.165, 1.54) is 89.9 Å². The van der Waals surface area contributed by atoms with Crippen molar-refractivity contribution in [2.75, 3.05) is 13.2 Å². The summed E-state index contributed by atoms with van der Waals surface area (Å²) in [5.41, 5.74) is 1.28. The highest BCUT2D eigenvalue weighted by molar-refractivity contribution is 6.03. The summed E-state index contributed by atoms with van der Waals surface area (Å²) in [6, 6.07) is 7.22. The molecule has 0 aromatic heterocycles. The van der Waals surface area contributed by atoms with Crippen LogP contribution < -0.4 is 0 Å². The first-order valence-corrected chi connectivity index (χ1v) is 22.1. The van der Waals surface area contributed by atoms with Gasteiger partial charge in [0.2, 0.25) is 0 Å². The largest absolute Gasteiger partial charge is 0.461 e. The summed E-state index contributed by atoms with van der Waals surface area (Å²) in [4.78, 5) is 27.8. The van der Waals surface area contributed by atoms with E-state index in [1.807, 2.05) is 12.1 Å². The van der Waals surface area contributed by atoms with Crippen molar-refractivity contribution in [3.05, 3.63) is 35.4 Å². The second kappa shape index (κ2) is 14.7. The Bertz CT molecular complexity index is 1340. The van der Waals surface area contributed by atoms with Crippen LogP contribution in [0.4, 0.5) is 0 Å². The van der Waals surface area contributed by atoms with Crippen LogP contribution in [0.2, 0.25) is 0 Å². The zero-order valence-electron chi connectivity index (χ0n) is 34.4. The molecule has 0 N–H and O–H groups in total. The molecule has 6 aliphatic rings. The molecule has 12 atom stereocenters. The van der Waals surface area contributed by atoms with Gasteiger partial charge in [0.05, 0.1) is 24.3 Å². The van der Waals surface area contributed by atoms with Gasteiger partial charge >= 0.3 is 11.9 Å². The maximum atomic E-state index is 13.9. The predicted octanol–water partition coefficient (Wildman–Crippen LogP) is 12.6. The number of hydrogen-bond acceptors (Lipinski definition) is 4. The Morgan fingerprint density at radius 2 is 1.00 bits per heavy atom. The van der Waals surface area contributed by atoms with Crippen molar-refractivity contribution in [1.82, 2.24) is 0 Å². The molecule has 52 heavy (non-hydrogen) atoms. The molecule has 0 heterocycles. The molecular formula is C48H74O4. The van der Waals surface area contributed by atoms with Crippen LogP contribution >= 0.6 is 0 Å². The van der Waals surface area contributed by atoms with Crippen molar-refractivity contribution >= 4 is 11.9 Å². The average molecular weight is 715 g/mol. The zero-order chi connectivity index (χ0) is 37.1. The highest BCUT2D eigenvalue weighted by Gasteiger charge is 2.59. The van der Waals surface area contributed by atoms with Crippen molar-refractivity contribution < 1.29 is 19.1 Å². The molecule has 6 fully saturated rings. The maximum Gasteiger partial charge on any atom is 0.339 e. The Kier molecular flexibility index (Phi) is 10.8. The Balaban J connectivity index is 0.994. The average Bonchev–Trinajstić information content (AvgIpc) is 3.12. The SMILES string of the molecule is CC(C)[C@@H]1CC[C@@H]2[C@H](CC[C@@H]3[C@](C)(COC(=O)c4ccccc4C(=O)OC[C@]4(C)CCC[C@]5(C)[C@@H]6CC[C@H](C(C)C)C[C@@H]6CC[C@@H]45)CCC[C@]23C)C1. The molecule has 6 aliphatic carbocycles. The third-order valence-corrected chi connectivity index (χ3v) is 17.9. The minimum absolute atomic E-state index is 0.0345. The maximum absolute atomic E-state index is 13.9. The van der Waals surface area contributed by atoms with Crippen LogP contribution in [-0.2, 0) is 9.47 Å². The van der Waals surface area contributed by atoms with E-state index in [0.29, 0.717) is 47.0 Å². The van der Waals surface area contributed by atoms with Crippen LogP contribution in [0.3, 0.4) is 0 Å². The van der Waals surface area contributed by atoms with Crippen molar-refractivity contribution in [2.45, 2.75) is 158 Å². The summed E-state index contributed by atoms with van der Waals surface area (Å²) in [7, 11) is 0. The van der Waals surface area contributed by atoms with Gasteiger partial charge in [-0.2, -0.15) is 0 Å². The van der Waals surface area contributed by atoms with Gasteiger partial charge in [0.15, 0.2) is 0 Å². The molecule has 4 nitrogen and oxygen atoms in total. The lowest BCUT2D eigenvalue weighted by Gasteiger charge is -2.61. The molecule has 0 bridgehead atoms. The van der Waals surface area contributed by atoms with Crippen molar-refractivity contribution in [1.29, 1.82) is 0 Å². The molecule has 0 aliphatic heterocycles. The predicted molar refractivity (Wildman–Crippen MR) is 211 cm³/mol. The Labute approximate surface area is 317 Å². The lowest BCUT2D eigenvalue weighted by molar-refractivity contribution is -0.136. The Morgan fingerprint density at radius 1 is 0.596 bits per heavy atom. The van der Waals surface area contributed by atoms with E-state index in [9.17, 15) is 9.59 Å². The summed E-state index contributed by atoms with van der Waals surface area (Å²) in [6.07, 6.45) is 20.7. The van der Waals surface area contributed by atoms with Gasteiger partial charge in [0.25, 0.3) is 0 Å². The highest BCUT2D eigenvalue weighted by atomic mass is 16.5. The second-order valence-corrected chi connectivity index (χ2v) is 21.4. The van der Waals surface area contributed by atoms with Crippen LogP contribution in [-0.4, -0.2) is 25.2 Å². The van der Waals surface area contributed by atoms with Crippen molar-refractivity contribution in [2.24, 2.45) is 80.8 Å². The first-order chi connectivity index (χ1) is 24.7. The summed E-state index contributed by atoms with van der Waals surface area (Å²) >= 11 is 0. The topological polar surface area (TPSA) is 52.6 Å². The van der Waals surface area contributed by atoms with Crippen molar-refractivity contribution in [3.8, 4) is 0 Å². The van der Waals surface area contributed by atoms with E-state index in [0.717, 1.165) is 60.2 Å². The van der Waals surface area contributed by atoms with E-state index in [1.54, 1.807) is 12.1 Å². The second-order valence-electron chi connectivity index (χ2n) is 21.4. The van der Waals surface area contributed by atoms with Crippen LogP contribution in [0.1, 0.15) is 179 Å². The van der Waals surface area contributed by atoms with Crippen molar-refractivity contribution in [3.63, 3.8) is 0 Å². The normalized spacial score (nSPS) is 43.1. The fourth-order valence-electron chi connectivity index (χ4n) is 15.0. The van der Waals surface area contributed by atoms with Gasteiger partial charge in [0.1, 0.15) is 0 Å². The summed E-state index contributed by atoms with van der Waals surface area (Å²) in [5.74, 6) is 7.02. The number of carbonyl (C=O) groups excluding carboxylic acids is 2. The van der Waals surface area contributed by atoms with Gasteiger partial charge < -0.3 is 9.47 Å². The molecule has 1 aromatic rings. The lowest BCUT2D eigenvalue weighted by atomic mass is 9.44.